The molecule has 0 spiro atoms. The Balaban J connectivity index is 1.44. The van der Waals surface area contributed by atoms with Crippen LogP contribution in [0.2, 0.25) is 0 Å². The number of hydrogen-bond donors (Lipinski definition) is 1. The summed E-state index contributed by atoms with van der Waals surface area (Å²) in [6, 6.07) is 12.9. The molecule has 8 heteroatoms. The lowest BCUT2D eigenvalue weighted by molar-refractivity contribution is 0.102. The normalized spacial score (nSPS) is 13.4. The Morgan fingerprint density at radius 3 is 2.50 bits per heavy atom. The summed E-state index contributed by atoms with van der Waals surface area (Å²) in [5, 5.41) is 11.5. The minimum absolute atomic E-state index is 0.235. The molecule has 1 saturated heterocycles. The average Bonchev–Trinajstić information content (AvgIpc) is 3.29. The number of carbonyl (C=O) groups is 1. The highest BCUT2D eigenvalue weighted by atomic mass is 16.5. The van der Waals surface area contributed by atoms with Crippen molar-refractivity contribution in [3.63, 3.8) is 0 Å². The van der Waals surface area contributed by atoms with E-state index < -0.39 is 0 Å². The zero-order valence-corrected chi connectivity index (χ0v) is 15.5. The van der Waals surface area contributed by atoms with Crippen molar-refractivity contribution in [1.29, 1.82) is 0 Å². The molecule has 1 amide bonds. The van der Waals surface area contributed by atoms with E-state index in [1.165, 1.54) is 32.3 Å². The summed E-state index contributed by atoms with van der Waals surface area (Å²) in [5.74, 6) is 0.931. The van der Waals surface area contributed by atoms with Crippen molar-refractivity contribution in [2.75, 3.05) is 30.4 Å². The van der Waals surface area contributed by atoms with E-state index in [2.05, 4.69) is 30.4 Å². The van der Waals surface area contributed by atoms with Crippen molar-refractivity contribution in [2.24, 2.45) is 0 Å². The smallest absolute Gasteiger partial charge is 0.274 e. The first-order valence-electron chi connectivity index (χ1n) is 9.09. The summed E-state index contributed by atoms with van der Waals surface area (Å²) in [4.78, 5) is 22.4. The van der Waals surface area contributed by atoms with Gasteiger partial charge in [-0.3, -0.25) is 4.79 Å². The van der Waals surface area contributed by atoms with Gasteiger partial charge in [0.05, 0.1) is 12.8 Å². The molecule has 1 aliphatic heterocycles. The Bertz CT molecular complexity index is 953. The van der Waals surface area contributed by atoms with E-state index in [1.807, 2.05) is 36.4 Å². The van der Waals surface area contributed by atoms with E-state index in [9.17, 15) is 4.79 Å². The van der Waals surface area contributed by atoms with Crippen molar-refractivity contribution in [3.8, 4) is 17.1 Å². The first-order chi connectivity index (χ1) is 13.7. The van der Waals surface area contributed by atoms with Crippen molar-refractivity contribution in [3.05, 3.63) is 54.5 Å². The lowest BCUT2D eigenvalue weighted by Crippen LogP contribution is -2.19. The number of nitrogens with zero attached hydrogens (tertiary/aromatic N) is 5. The predicted molar refractivity (Wildman–Crippen MR) is 105 cm³/mol. The average molecular weight is 376 g/mol. The van der Waals surface area contributed by atoms with Crippen molar-refractivity contribution >= 4 is 17.4 Å². The molecule has 28 heavy (non-hydrogen) atoms. The number of methoxy groups -OCH3 is 1. The van der Waals surface area contributed by atoms with Crippen LogP contribution < -0.4 is 15.0 Å². The molecule has 1 aliphatic rings. The molecular weight excluding hydrogens is 356 g/mol. The number of nitrogens with one attached hydrogen (secondary N) is 1. The molecule has 142 valence electrons. The molecular formula is C20H20N6O2. The van der Waals surface area contributed by atoms with Crippen molar-refractivity contribution in [1.82, 2.24) is 20.2 Å². The van der Waals surface area contributed by atoms with Crippen LogP contribution >= 0.6 is 0 Å². The molecule has 0 bridgehead atoms. The quantitative estimate of drug-likeness (QED) is 0.732. The van der Waals surface area contributed by atoms with Gasteiger partial charge in [0.2, 0.25) is 5.88 Å². The van der Waals surface area contributed by atoms with Gasteiger partial charge in [-0.25, -0.2) is 9.97 Å². The molecule has 0 atom stereocenters. The van der Waals surface area contributed by atoms with E-state index in [0.717, 1.165) is 30.2 Å². The Labute approximate surface area is 162 Å². The van der Waals surface area contributed by atoms with Gasteiger partial charge in [-0.15, -0.1) is 10.2 Å². The van der Waals surface area contributed by atoms with E-state index in [4.69, 9.17) is 4.74 Å². The Morgan fingerprint density at radius 2 is 1.82 bits per heavy atom. The number of amides is 1. The van der Waals surface area contributed by atoms with Gasteiger partial charge < -0.3 is 15.0 Å². The molecule has 0 unspecified atom stereocenters. The molecule has 3 heterocycles. The van der Waals surface area contributed by atoms with E-state index in [0.29, 0.717) is 11.6 Å². The van der Waals surface area contributed by atoms with Crippen LogP contribution in [0.1, 0.15) is 23.3 Å². The maximum Gasteiger partial charge on any atom is 0.274 e. The summed E-state index contributed by atoms with van der Waals surface area (Å²) in [6.07, 6.45) is 3.71. The third-order valence-corrected chi connectivity index (χ3v) is 4.60. The summed E-state index contributed by atoms with van der Waals surface area (Å²) in [5.41, 5.74) is 2.62. The van der Waals surface area contributed by atoms with Gasteiger partial charge in [0.25, 0.3) is 5.91 Å². The summed E-state index contributed by atoms with van der Waals surface area (Å²) in [7, 11) is 1.49. The topological polar surface area (TPSA) is 93.1 Å². The molecule has 0 aliphatic carbocycles. The van der Waals surface area contributed by atoms with Crippen LogP contribution in [0.5, 0.6) is 5.88 Å². The number of ether oxygens (including phenoxy) is 1. The first kappa shape index (κ1) is 17.8. The second-order valence-corrected chi connectivity index (χ2v) is 6.45. The van der Waals surface area contributed by atoms with Crippen LogP contribution in [-0.4, -0.2) is 46.3 Å². The Morgan fingerprint density at radius 1 is 1.04 bits per heavy atom. The van der Waals surface area contributed by atoms with Crippen LogP contribution in [0.15, 0.2) is 48.8 Å². The Hall–Kier alpha value is -3.55. The lowest BCUT2D eigenvalue weighted by atomic mass is 10.1. The number of aromatic nitrogens is 4. The van der Waals surface area contributed by atoms with Crippen LogP contribution in [0.25, 0.3) is 11.3 Å². The molecule has 1 fully saturated rings. The van der Waals surface area contributed by atoms with Gasteiger partial charge in [-0.05, 0) is 37.1 Å². The third kappa shape index (κ3) is 3.90. The monoisotopic (exact) mass is 376 g/mol. The highest BCUT2D eigenvalue weighted by Crippen LogP contribution is 2.22. The van der Waals surface area contributed by atoms with Crippen LogP contribution in [0.4, 0.5) is 11.5 Å². The molecule has 1 aromatic carbocycles. The van der Waals surface area contributed by atoms with Gasteiger partial charge in [0, 0.05) is 30.4 Å². The molecule has 2 aromatic heterocycles. The van der Waals surface area contributed by atoms with Crippen LogP contribution in [0.3, 0.4) is 0 Å². The SMILES string of the molecule is COc1cc(C(=O)Nc2ccc(-c3ccc(N4CCCC4)nn3)cc2)ncn1. The standard InChI is InChI=1S/C20H20N6O2/c1-28-19-12-17(21-13-22-19)20(27)23-15-6-4-14(5-7-15)16-8-9-18(25-24-16)26-10-2-3-11-26/h4-9,12-13H,2-3,10-11H2,1H3,(H,23,27). The maximum atomic E-state index is 12.3. The van der Waals surface area contributed by atoms with Gasteiger partial charge in [0.1, 0.15) is 12.0 Å². The van der Waals surface area contributed by atoms with E-state index in [1.54, 1.807) is 0 Å². The van der Waals surface area contributed by atoms with Gasteiger partial charge in [-0.1, -0.05) is 12.1 Å². The number of carbonyl (C=O) groups excluding carboxylic acids is 1. The van der Waals surface area contributed by atoms with Crippen molar-refractivity contribution < 1.29 is 9.53 Å². The second-order valence-electron chi connectivity index (χ2n) is 6.45. The molecule has 8 nitrogen and oxygen atoms in total. The van der Waals surface area contributed by atoms with Crippen molar-refractivity contribution in [2.45, 2.75) is 12.8 Å². The minimum Gasteiger partial charge on any atom is -0.481 e. The fourth-order valence-electron chi connectivity index (χ4n) is 3.09. The number of rotatable bonds is 5. The summed E-state index contributed by atoms with van der Waals surface area (Å²) >= 11 is 0. The van der Waals surface area contributed by atoms with Gasteiger partial charge in [0.15, 0.2) is 5.82 Å². The van der Waals surface area contributed by atoms with Crippen LogP contribution in [0, 0.1) is 0 Å². The van der Waals surface area contributed by atoms with E-state index >= 15 is 0 Å². The largest absolute Gasteiger partial charge is 0.481 e. The molecule has 4 rings (SSSR count). The van der Waals surface area contributed by atoms with E-state index in [-0.39, 0.29) is 11.6 Å². The van der Waals surface area contributed by atoms with Crippen LogP contribution in [-0.2, 0) is 0 Å². The number of anilines is 2. The Kier molecular flexibility index (Phi) is 5.09. The maximum absolute atomic E-state index is 12.3. The highest BCUT2D eigenvalue weighted by Gasteiger charge is 2.14. The second kappa shape index (κ2) is 7.99. The van der Waals surface area contributed by atoms with Gasteiger partial charge >= 0.3 is 0 Å². The highest BCUT2D eigenvalue weighted by molar-refractivity contribution is 6.03. The first-order valence-corrected chi connectivity index (χ1v) is 9.09. The fourth-order valence-corrected chi connectivity index (χ4v) is 3.09. The molecule has 1 N–H and O–H groups in total. The third-order valence-electron chi connectivity index (χ3n) is 4.60. The number of benzene rings is 1. The zero-order chi connectivity index (χ0) is 19.3. The summed E-state index contributed by atoms with van der Waals surface area (Å²) in [6.45, 7) is 2.08. The number of hydrogen-bond acceptors (Lipinski definition) is 7. The molecule has 0 radical (unpaired) electrons. The zero-order valence-electron chi connectivity index (χ0n) is 15.5. The minimum atomic E-state index is -0.330. The predicted octanol–water partition coefficient (Wildman–Crippen LogP) is 2.79. The lowest BCUT2D eigenvalue weighted by Gasteiger charge is -2.15. The molecule has 3 aromatic rings. The van der Waals surface area contributed by atoms with Gasteiger partial charge in [-0.2, -0.15) is 0 Å². The molecule has 0 saturated carbocycles. The fraction of sp³-hybridized carbons (Fsp3) is 0.250. The summed E-state index contributed by atoms with van der Waals surface area (Å²) < 4.78 is 5.01.